The molecule has 3 N–H and O–H groups in total. The van der Waals surface area contributed by atoms with Gasteiger partial charge in [-0.2, -0.15) is 17.5 Å². The third-order valence-corrected chi connectivity index (χ3v) is 10.4. The molecule has 0 aromatic heterocycles. The Balaban J connectivity index is 1.36. The lowest BCUT2D eigenvalue weighted by atomic mass is 10.0. The second kappa shape index (κ2) is 15.5. The lowest BCUT2D eigenvalue weighted by Gasteiger charge is -2.34. The number of ether oxygens (including phenoxy) is 1. The minimum atomic E-state index is -4.75. The molecule has 5 rings (SSSR count). The molecule has 258 valence electrons. The number of morpholine rings is 1. The van der Waals surface area contributed by atoms with Crippen LogP contribution in [0.25, 0.3) is 0 Å². The first-order chi connectivity index (χ1) is 23.0. The summed E-state index contributed by atoms with van der Waals surface area (Å²) >= 11 is 0. The smallest absolute Gasteiger partial charge is 0.396 e. The predicted molar refractivity (Wildman–Crippen MR) is 174 cm³/mol. The van der Waals surface area contributed by atoms with Crippen LogP contribution in [0, 0.1) is 0 Å². The molecular weight excluding hydrogens is 649 g/mol. The summed E-state index contributed by atoms with van der Waals surface area (Å²) in [5, 5.41) is 14.9. The normalized spacial score (nSPS) is 18.2. The largest absolute Gasteiger partial charge is 0.416 e. The van der Waals surface area contributed by atoms with Crippen molar-refractivity contribution in [1.29, 1.82) is 0 Å². The number of hydrogen-bond acceptors (Lipinski definition) is 7. The highest BCUT2D eigenvalue weighted by molar-refractivity contribution is 7.89. The van der Waals surface area contributed by atoms with Crippen LogP contribution in [-0.4, -0.2) is 81.2 Å². The van der Waals surface area contributed by atoms with Gasteiger partial charge in [0.15, 0.2) is 0 Å². The second-order valence-corrected chi connectivity index (χ2v) is 13.7. The monoisotopic (exact) mass is 688 g/mol. The molecule has 0 aliphatic carbocycles. The number of hydrogen-bond donors (Lipinski definition) is 3. The van der Waals surface area contributed by atoms with Gasteiger partial charge in [0.05, 0.1) is 23.7 Å². The van der Waals surface area contributed by atoms with Crippen LogP contribution in [0.4, 0.5) is 24.5 Å². The zero-order chi connectivity index (χ0) is 34.3. The van der Waals surface area contributed by atoms with E-state index in [1.54, 1.807) is 24.3 Å². The number of benzene rings is 3. The van der Waals surface area contributed by atoms with Crippen molar-refractivity contribution in [1.82, 2.24) is 9.62 Å². The predicted octanol–water partition coefficient (Wildman–Crippen LogP) is 3.99. The van der Waals surface area contributed by atoms with Gasteiger partial charge in [0.25, 0.3) is 0 Å². The quantitative estimate of drug-likeness (QED) is 0.278. The van der Waals surface area contributed by atoms with Crippen molar-refractivity contribution in [3.8, 4) is 0 Å². The van der Waals surface area contributed by atoms with Crippen LogP contribution < -0.4 is 15.5 Å². The summed E-state index contributed by atoms with van der Waals surface area (Å²) in [5.74, 6) is -1.24. The molecule has 2 amide bonds. The van der Waals surface area contributed by atoms with E-state index in [1.807, 2.05) is 24.3 Å². The number of carbonyl (C=O) groups excluding carboxylic acids is 2. The zero-order valence-electron chi connectivity index (χ0n) is 26.3. The fraction of sp³-hybridized carbons (Fsp3) is 0.412. The van der Waals surface area contributed by atoms with Crippen molar-refractivity contribution in [2.45, 2.75) is 55.3 Å². The van der Waals surface area contributed by atoms with Gasteiger partial charge in [-0.25, -0.2) is 8.42 Å². The van der Waals surface area contributed by atoms with Gasteiger partial charge in [-0.3, -0.25) is 9.59 Å². The molecule has 2 fully saturated rings. The highest BCUT2D eigenvalue weighted by atomic mass is 32.2. The van der Waals surface area contributed by atoms with Crippen LogP contribution in [0.2, 0.25) is 0 Å². The molecule has 0 radical (unpaired) electrons. The first kappa shape index (κ1) is 35.3. The zero-order valence-corrected chi connectivity index (χ0v) is 27.1. The van der Waals surface area contributed by atoms with Gasteiger partial charge in [0.2, 0.25) is 21.8 Å². The van der Waals surface area contributed by atoms with Crippen molar-refractivity contribution in [3.63, 3.8) is 0 Å². The number of aliphatic hydroxyl groups is 1. The van der Waals surface area contributed by atoms with Gasteiger partial charge in [-0.1, -0.05) is 36.8 Å². The Hall–Kier alpha value is -3.98. The van der Waals surface area contributed by atoms with Crippen LogP contribution >= 0.6 is 0 Å². The van der Waals surface area contributed by atoms with Crippen molar-refractivity contribution < 1.29 is 41.0 Å². The molecule has 2 aliphatic heterocycles. The molecule has 2 saturated heterocycles. The van der Waals surface area contributed by atoms with Gasteiger partial charge in [-0.05, 0) is 72.9 Å². The average Bonchev–Trinajstić information content (AvgIpc) is 3.09. The highest BCUT2D eigenvalue weighted by Gasteiger charge is 2.40. The van der Waals surface area contributed by atoms with Crippen molar-refractivity contribution in [2.75, 3.05) is 49.7 Å². The summed E-state index contributed by atoms with van der Waals surface area (Å²) in [6.07, 6.45) is -3.13. The molecule has 0 bridgehead atoms. The lowest BCUT2D eigenvalue weighted by molar-refractivity contribution is -0.137. The number of alkyl halides is 3. The number of sulfonamides is 1. The van der Waals surface area contributed by atoms with Crippen LogP contribution in [0.3, 0.4) is 0 Å². The Kier molecular flexibility index (Phi) is 11.4. The van der Waals surface area contributed by atoms with E-state index in [2.05, 4.69) is 15.5 Å². The highest BCUT2D eigenvalue weighted by Crippen LogP contribution is 2.32. The molecule has 2 atom stereocenters. The maximum atomic E-state index is 13.8. The summed E-state index contributed by atoms with van der Waals surface area (Å²) in [4.78, 5) is 29.1. The summed E-state index contributed by atoms with van der Waals surface area (Å²) in [6.45, 7) is 2.67. The van der Waals surface area contributed by atoms with E-state index >= 15 is 0 Å². The molecule has 3 aromatic carbocycles. The molecule has 10 nitrogen and oxygen atoms in total. The Morgan fingerprint density at radius 2 is 1.62 bits per heavy atom. The Labute approximate surface area is 277 Å². The van der Waals surface area contributed by atoms with Crippen molar-refractivity contribution in [3.05, 3.63) is 89.5 Å². The summed E-state index contributed by atoms with van der Waals surface area (Å²) < 4.78 is 73.8. The van der Waals surface area contributed by atoms with E-state index < -0.39 is 50.6 Å². The number of halogens is 3. The number of nitrogens with zero attached hydrogens (tertiary/aromatic N) is 2. The van der Waals surface area contributed by atoms with Gasteiger partial charge in [0, 0.05) is 44.0 Å². The fourth-order valence-electron chi connectivity index (χ4n) is 5.91. The van der Waals surface area contributed by atoms with Crippen LogP contribution in [0.1, 0.15) is 36.0 Å². The summed E-state index contributed by atoms with van der Waals surface area (Å²) in [6, 6.07) is 15.6. The standard InChI is InChI=1S/C34H39F3N4O6S/c35-34(36,37)26-4-3-5-29(23-26)48(45,46)41-16-2-1-6-31(41)33(44)39-30(22-25-9-7-24(8-10-25)15-19-42)32(43)38-27-11-13-28(14-12-27)40-17-20-47-21-18-40/h3-5,7-14,23,30-31,42H,1-2,6,15-22H2,(H,38,43)(H,39,44)/t30-,31-/m0/s1. The third-order valence-electron chi connectivity index (χ3n) is 8.53. The number of nitrogens with one attached hydrogen (secondary N) is 2. The van der Waals surface area contributed by atoms with Crippen LogP contribution in [-0.2, 0) is 43.4 Å². The maximum absolute atomic E-state index is 13.8. The first-order valence-electron chi connectivity index (χ1n) is 15.9. The molecule has 0 unspecified atom stereocenters. The van der Waals surface area contributed by atoms with Crippen LogP contribution in [0.5, 0.6) is 0 Å². The topological polar surface area (TPSA) is 128 Å². The number of rotatable bonds is 11. The lowest BCUT2D eigenvalue weighted by Crippen LogP contribution is -2.56. The number of carbonyl (C=O) groups is 2. The molecule has 2 heterocycles. The molecule has 48 heavy (non-hydrogen) atoms. The maximum Gasteiger partial charge on any atom is 0.416 e. The molecule has 14 heteroatoms. The van der Waals surface area contributed by atoms with E-state index in [9.17, 15) is 36.3 Å². The van der Waals surface area contributed by atoms with E-state index in [0.717, 1.165) is 52.4 Å². The fourth-order valence-corrected chi connectivity index (χ4v) is 7.62. The first-order valence-corrected chi connectivity index (χ1v) is 17.3. The van der Waals surface area contributed by atoms with E-state index in [0.29, 0.717) is 44.2 Å². The van der Waals surface area contributed by atoms with Crippen molar-refractivity contribution >= 4 is 33.2 Å². The molecular formula is C34H39F3N4O6S. The van der Waals surface area contributed by atoms with E-state index in [-0.39, 0.29) is 26.0 Å². The average molecular weight is 689 g/mol. The number of anilines is 2. The third kappa shape index (κ3) is 8.73. The van der Waals surface area contributed by atoms with Crippen molar-refractivity contribution in [2.24, 2.45) is 0 Å². The number of aliphatic hydroxyl groups excluding tert-OH is 1. The van der Waals surface area contributed by atoms with Crippen LogP contribution in [0.15, 0.2) is 77.7 Å². The van der Waals surface area contributed by atoms with Gasteiger partial charge >= 0.3 is 6.18 Å². The SMILES string of the molecule is O=C(Nc1ccc(N2CCOCC2)cc1)[C@H](Cc1ccc(CCO)cc1)NC(=O)[C@@H]1CCCCN1S(=O)(=O)c1cccc(C(F)(F)F)c1. The second-order valence-electron chi connectivity index (χ2n) is 11.8. The summed E-state index contributed by atoms with van der Waals surface area (Å²) in [7, 11) is -4.49. The summed E-state index contributed by atoms with van der Waals surface area (Å²) in [5.41, 5.74) is 1.98. The minimum Gasteiger partial charge on any atom is -0.396 e. The Bertz CT molecular complexity index is 1660. The number of amides is 2. The van der Waals surface area contributed by atoms with E-state index in [4.69, 9.17) is 4.74 Å². The Morgan fingerprint density at radius 3 is 2.29 bits per heavy atom. The van der Waals surface area contributed by atoms with Gasteiger partial charge < -0.3 is 25.4 Å². The van der Waals surface area contributed by atoms with Gasteiger partial charge in [0.1, 0.15) is 12.1 Å². The molecule has 2 aliphatic rings. The number of piperidine rings is 1. The Morgan fingerprint density at radius 1 is 0.938 bits per heavy atom. The van der Waals surface area contributed by atoms with Gasteiger partial charge in [-0.15, -0.1) is 0 Å². The molecule has 3 aromatic rings. The molecule has 0 spiro atoms. The van der Waals surface area contributed by atoms with E-state index in [1.165, 1.54) is 0 Å². The minimum absolute atomic E-state index is 0.0218. The molecule has 0 saturated carbocycles.